The van der Waals surface area contributed by atoms with E-state index in [-0.39, 0.29) is 12.3 Å². The van der Waals surface area contributed by atoms with E-state index in [0.717, 1.165) is 16.6 Å². The van der Waals surface area contributed by atoms with Crippen molar-refractivity contribution in [3.05, 3.63) is 59.4 Å². The van der Waals surface area contributed by atoms with Gasteiger partial charge >= 0.3 is 0 Å². The van der Waals surface area contributed by atoms with E-state index in [1.807, 2.05) is 34.9 Å². The summed E-state index contributed by atoms with van der Waals surface area (Å²) in [6.45, 7) is 1.21. The number of ether oxygens (including phenoxy) is 2. The SMILES string of the molecule is O=C(/C=C/c1cc(Cl)c2c(c1)OCCO2)Cn1cnc2ccccc21. The summed E-state index contributed by atoms with van der Waals surface area (Å²) in [7, 11) is 0. The first-order chi connectivity index (χ1) is 12.2. The van der Waals surface area contributed by atoms with Gasteiger partial charge < -0.3 is 14.0 Å². The average molecular weight is 355 g/mol. The van der Waals surface area contributed by atoms with E-state index in [0.29, 0.717) is 29.7 Å². The number of hydrogen-bond donors (Lipinski definition) is 0. The van der Waals surface area contributed by atoms with Crippen molar-refractivity contribution < 1.29 is 14.3 Å². The molecule has 0 spiro atoms. The minimum absolute atomic E-state index is 0.0332. The molecule has 25 heavy (non-hydrogen) atoms. The second-order valence-electron chi connectivity index (χ2n) is 5.69. The highest BCUT2D eigenvalue weighted by Gasteiger charge is 2.16. The van der Waals surface area contributed by atoms with Crippen LogP contribution < -0.4 is 9.47 Å². The molecule has 0 saturated heterocycles. The lowest BCUT2D eigenvalue weighted by molar-refractivity contribution is -0.115. The van der Waals surface area contributed by atoms with Crippen molar-refractivity contribution in [2.45, 2.75) is 6.54 Å². The Labute approximate surface area is 149 Å². The number of carbonyl (C=O) groups is 1. The first-order valence-corrected chi connectivity index (χ1v) is 8.28. The van der Waals surface area contributed by atoms with Gasteiger partial charge in [0.15, 0.2) is 17.3 Å². The van der Waals surface area contributed by atoms with Gasteiger partial charge in [-0.25, -0.2) is 4.98 Å². The Balaban J connectivity index is 1.52. The van der Waals surface area contributed by atoms with Crippen LogP contribution >= 0.6 is 11.6 Å². The molecule has 0 aliphatic carbocycles. The number of imidazole rings is 1. The topological polar surface area (TPSA) is 53.4 Å². The van der Waals surface area contributed by atoms with Crippen LogP contribution in [0.25, 0.3) is 17.1 Å². The third-order valence-corrected chi connectivity index (χ3v) is 4.22. The van der Waals surface area contributed by atoms with E-state index in [1.165, 1.54) is 6.08 Å². The molecule has 3 aromatic rings. The van der Waals surface area contributed by atoms with Crippen molar-refractivity contribution in [2.75, 3.05) is 13.2 Å². The van der Waals surface area contributed by atoms with Crippen molar-refractivity contribution in [2.24, 2.45) is 0 Å². The maximum Gasteiger partial charge on any atom is 0.179 e. The number of aromatic nitrogens is 2. The zero-order chi connectivity index (χ0) is 17.2. The van der Waals surface area contributed by atoms with Gasteiger partial charge in [0.25, 0.3) is 0 Å². The molecule has 1 aromatic heterocycles. The van der Waals surface area contributed by atoms with Crippen LogP contribution in [-0.2, 0) is 11.3 Å². The van der Waals surface area contributed by atoms with Gasteiger partial charge in [0, 0.05) is 0 Å². The fraction of sp³-hybridized carbons (Fsp3) is 0.158. The second kappa shape index (κ2) is 6.61. The molecule has 0 atom stereocenters. The molecule has 126 valence electrons. The van der Waals surface area contributed by atoms with Crippen LogP contribution in [0.3, 0.4) is 0 Å². The molecule has 0 fully saturated rings. The Morgan fingerprint density at radius 2 is 2.08 bits per heavy atom. The van der Waals surface area contributed by atoms with Crippen LogP contribution in [-0.4, -0.2) is 28.5 Å². The lowest BCUT2D eigenvalue weighted by atomic mass is 10.1. The van der Waals surface area contributed by atoms with Crippen LogP contribution in [0.2, 0.25) is 5.02 Å². The molecule has 1 aliphatic heterocycles. The minimum atomic E-state index is -0.0332. The van der Waals surface area contributed by atoms with E-state index < -0.39 is 0 Å². The summed E-state index contributed by atoms with van der Waals surface area (Å²) in [5.74, 6) is 1.13. The molecule has 0 unspecified atom stereocenters. The van der Waals surface area contributed by atoms with Crippen LogP contribution in [0.15, 0.2) is 48.8 Å². The molecule has 0 saturated carbocycles. The Bertz CT molecular complexity index is 978. The number of hydrogen-bond acceptors (Lipinski definition) is 4. The molecule has 0 radical (unpaired) electrons. The van der Waals surface area contributed by atoms with Crippen LogP contribution in [0, 0.1) is 0 Å². The van der Waals surface area contributed by atoms with Gasteiger partial charge in [-0.15, -0.1) is 0 Å². The third-order valence-electron chi connectivity index (χ3n) is 3.93. The number of carbonyl (C=O) groups excluding carboxylic acids is 1. The fourth-order valence-electron chi connectivity index (χ4n) is 2.77. The van der Waals surface area contributed by atoms with Crippen LogP contribution in [0.1, 0.15) is 5.56 Å². The maximum absolute atomic E-state index is 12.3. The Kier molecular flexibility index (Phi) is 4.15. The summed E-state index contributed by atoms with van der Waals surface area (Å²) >= 11 is 6.21. The van der Waals surface area contributed by atoms with Crippen molar-refractivity contribution >= 4 is 34.5 Å². The summed E-state index contributed by atoms with van der Waals surface area (Å²) in [6.07, 6.45) is 4.94. The number of nitrogens with zero attached hydrogens (tertiary/aromatic N) is 2. The first kappa shape index (κ1) is 15.7. The van der Waals surface area contributed by atoms with Crippen molar-refractivity contribution in [1.29, 1.82) is 0 Å². The molecule has 4 rings (SSSR count). The molecular weight excluding hydrogens is 340 g/mol. The van der Waals surface area contributed by atoms with E-state index in [1.54, 1.807) is 18.5 Å². The summed E-state index contributed by atoms with van der Waals surface area (Å²) < 4.78 is 12.9. The van der Waals surface area contributed by atoms with Gasteiger partial charge in [-0.1, -0.05) is 29.8 Å². The third kappa shape index (κ3) is 3.23. The quantitative estimate of drug-likeness (QED) is 0.670. The van der Waals surface area contributed by atoms with Gasteiger partial charge in [0.05, 0.1) is 28.9 Å². The smallest absolute Gasteiger partial charge is 0.179 e. The van der Waals surface area contributed by atoms with Gasteiger partial charge in [-0.3, -0.25) is 4.79 Å². The van der Waals surface area contributed by atoms with E-state index in [4.69, 9.17) is 21.1 Å². The van der Waals surface area contributed by atoms with Crippen molar-refractivity contribution in [1.82, 2.24) is 9.55 Å². The average Bonchev–Trinajstić information content (AvgIpc) is 3.03. The lowest BCUT2D eigenvalue weighted by Gasteiger charge is -2.19. The zero-order valence-electron chi connectivity index (χ0n) is 13.3. The maximum atomic E-state index is 12.3. The van der Waals surface area contributed by atoms with Crippen LogP contribution in [0.4, 0.5) is 0 Å². The summed E-state index contributed by atoms with van der Waals surface area (Å²) in [4.78, 5) is 16.6. The first-order valence-electron chi connectivity index (χ1n) is 7.90. The van der Waals surface area contributed by atoms with Gasteiger partial charge in [0.1, 0.15) is 13.2 Å². The molecule has 6 heteroatoms. The Hall–Kier alpha value is -2.79. The number of para-hydroxylation sites is 2. The molecule has 0 amide bonds. The number of benzene rings is 2. The molecule has 2 heterocycles. The Morgan fingerprint density at radius 3 is 3.00 bits per heavy atom. The van der Waals surface area contributed by atoms with Crippen LogP contribution in [0.5, 0.6) is 11.5 Å². The molecule has 0 N–H and O–H groups in total. The number of halogens is 1. The molecule has 0 bridgehead atoms. The molecule has 1 aliphatic rings. The normalized spacial score (nSPS) is 13.5. The van der Waals surface area contributed by atoms with E-state index in [2.05, 4.69) is 4.98 Å². The lowest BCUT2D eigenvalue weighted by Crippen LogP contribution is -2.15. The molecule has 2 aromatic carbocycles. The molecular formula is C19H15ClN2O3. The zero-order valence-corrected chi connectivity index (χ0v) is 14.1. The number of rotatable bonds is 4. The fourth-order valence-corrected chi connectivity index (χ4v) is 3.05. The van der Waals surface area contributed by atoms with Gasteiger partial charge in [-0.05, 0) is 35.9 Å². The second-order valence-corrected chi connectivity index (χ2v) is 6.09. The highest BCUT2D eigenvalue weighted by atomic mass is 35.5. The highest BCUT2D eigenvalue weighted by Crippen LogP contribution is 2.38. The number of allylic oxidation sites excluding steroid dienone is 1. The molecule has 5 nitrogen and oxygen atoms in total. The largest absolute Gasteiger partial charge is 0.486 e. The summed E-state index contributed by atoms with van der Waals surface area (Å²) in [6, 6.07) is 11.3. The van der Waals surface area contributed by atoms with Gasteiger partial charge in [-0.2, -0.15) is 0 Å². The highest BCUT2D eigenvalue weighted by molar-refractivity contribution is 6.32. The number of ketones is 1. The predicted molar refractivity (Wildman–Crippen MR) is 96.2 cm³/mol. The Morgan fingerprint density at radius 1 is 1.24 bits per heavy atom. The van der Waals surface area contributed by atoms with E-state index in [9.17, 15) is 4.79 Å². The monoisotopic (exact) mass is 354 g/mol. The number of fused-ring (bicyclic) bond motifs is 2. The predicted octanol–water partition coefficient (Wildman–Crippen LogP) is 3.74. The summed E-state index contributed by atoms with van der Waals surface area (Å²) in [5, 5.41) is 0.477. The van der Waals surface area contributed by atoms with Crippen molar-refractivity contribution in [3.63, 3.8) is 0 Å². The van der Waals surface area contributed by atoms with Gasteiger partial charge in [0.2, 0.25) is 0 Å². The standard InChI is InChI=1S/C19H15ClN2O3/c20-15-9-13(10-18-19(15)25-8-7-24-18)5-6-14(23)11-22-12-21-16-3-1-2-4-17(16)22/h1-6,9-10,12H,7-8,11H2/b6-5+. The minimum Gasteiger partial charge on any atom is -0.486 e. The summed E-state index contributed by atoms with van der Waals surface area (Å²) in [5.41, 5.74) is 2.60. The van der Waals surface area contributed by atoms with Crippen molar-refractivity contribution in [3.8, 4) is 11.5 Å². The van der Waals surface area contributed by atoms with E-state index >= 15 is 0 Å².